The van der Waals surface area contributed by atoms with Crippen LogP contribution in [0.2, 0.25) is 0 Å². The molecule has 19 heavy (non-hydrogen) atoms. The number of benzene rings is 2. The summed E-state index contributed by atoms with van der Waals surface area (Å²) in [5.41, 5.74) is 5.65. The van der Waals surface area contributed by atoms with Gasteiger partial charge < -0.3 is 5.73 Å². The van der Waals surface area contributed by atoms with Crippen LogP contribution in [0.15, 0.2) is 40.6 Å². The molecule has 0 saturated carbocycles. The first-order valence-electron chi connectivity index (χ1n) is 5.34. The Morgan fingerprint density at radius 3 is 2.26 bits per heavy atom. The maximum absolute atomic E-state index is 11.1. The van der Waals surface area contributed by atoms with E-state index in [1.54, 1.807) is 24.3 Å². The monoisotopic (exact) mass is 255 g/mol. The SMILES string of the molecule is NC(=O)N=Nc1c(C=O)cc(C=O)c2ccccc12. The number of rotatable bonds is 3. The summed E-state index contributed by atoms with van der Waals surface area (Å²) in [4.78, 5) is 32.7. The van der Waals surface area contributed by atoms with Crippen LogP contribution in [0.3, 0.4) is 0 Å². The van der Waals surface area contributed by atoms with Gasteiger partial charge in [-0.3, -0.25) is 9.59 Å². The zero-order chi connectivity index (χ0) is 13.8. The van der Waals surface area contributed by atoms with E-state index in [4.69, 9.17) is 5.73 Å². The third-order valence-corrected chi connectivity index (χ3v) is 2.58. The summed E-state index contributed by atoms with van der Waals surface area (Å²) in [5, 5.41) is 8.09. The highest BCUT2D eigenvalue weighted by Crippen LogP contribution is 2.31. The number of primary amides is 1. The zero-order valence-corrected chi connectivity index (χ0v) is 9.74. The van der Waals surface area contributed by atoms with Crippen molar-refractivity contribution in [3.8, 4) is 0 Å². The first kappa shape index (κ1) is 12.6. The van der Waals surface area contributed by atoms with Crippen molar-refractivity contribution in [2.75, 3.05) is 0 Å². The molecule has 2 aromatic rings. The molecule has 0 radical (unpaired) electrons. The van der Waals surface area contributed by atoms with Crippen LogP contribution >= 0.6 is 0 Å². The molecular weight excluding hydrogens is 246 g/mol. The standard InChI is InChI=1S/C13H9N3O3/c14-13(19)16-15-12-9(7-18)5-8(6-17)10-3-1-2-4-11(10)12/h1-7H,(H2,14,19). The number of carbonyl (C=O) groups excluding carboxylic acids is 3. The second-order valence-electron chi connectivity index (χ2n) is 3.72. The minimum atomic E-state index is -0.958. The number of azo groups is 1. The number of urea groups is 1. The van der Waals surface area contributed by atoms with Gasteiger partial charge in [-0.2, -0.15) is 0 Å². The molecule has 6 heteroatoms. The van der Waals surface area contributed by atoms with E-state index in [9.17, 15) is 14.4 Å². The fourth-order valence-corrected chi connectivity index (χ4v) is 1.81. The van der Waals surface area contributed by atoms with Gasteiger partial charge in [0.25, 0.3) is 0 Å². The molecule has 2 amide bonds. The topological polar surface area (TPSA) is 102 Å². The van der Waals surface area contributed by atoms with E-state index >= 15 is 0 Å². The molecule has 0 aromatic heterocycles. The lowest BCUT2D eigenvalue weighted by molar-refractivity contribution is 0.112. The van der Waals surface area contributed by atoms with Gasteiger partial charge in [0.1, 0.15) is 5.69 Å². The lowest BCUT2D eigenvalue weighted by Gasteiger charge is -2.06. The van der Waals surface area contributed by atoms with Crippen LogP contribution in [0.25, 0.3) is 10.8 Å². The molecule has 0 bridgehead atoms. The van der Waals surface area contributed by atoms with Gasteiger partial charge >= 0.3 is 6.03 Å². The number of nitrogens with two attached hydrogens (primary N) is 1. The summed E-state index contributed by atoms with van der Waals surface area (Å²) in [7, 11) is 0. The summed E-state index contributed by atoms with van der Waals surface area (Å²) >= 11 is 0. The molecular formula is C13H9N3O3. The fraction of sp³-hybridized carbons (Fsp3) is 0. The lowest BCUT2D eigenvalue weighted by Crippen LogP contribution is -2.02. The molecule has 0 aliphatic carbocycles. The van der Waals surface area contributed by atoms with E-state index in [0.717, 1.165) is 0 Å². The van der Waals surface area contributed by atoms with E-state index in [-0.39, 0.29) is 11.3 Å². The number of hydrogen-bond donors (Lipinski definition) is 1. The van der Waals surface area contributed by atoms with E-state index in [1.807, 2.05) is 0 Å². The first-order chi connectivity index (χ1) is 9.17. The summed E-state index contributed by atoms with van der Waals surface area (Å²) < 4.78 is 0. The minimum Gasteiger partial charge on any atom is -0.348 e. The quantitative estimate of drug-likeness (QED) is 0.673. The van der Waals surface area contributed by atoms with Gasteiger partial charge in [0, 0.05) is 16.5 Å². The minimum absolute atomic E-state index is 0.172. The Morgan fingerprint density at radius 2 is 1.68 bits per heavy atom. The number of nitrogens with zero attached hydrogens (tertiary/aromatic N) is 2. The molecule has 2 rings (SSSR count). The van der Waals surface area contributed by atoms with Gasteiger partial charge in [-0.25, -0.2) is 4.79 Å². The molecule has 94 valence electrons. The van der Waals surface area contributed by atoms with Gasteiger partial charge in [-0.15, -0.1) is 5.11 Å². The van der Waals surface area contributed by atoms with E-state index in [0.29, 0.717) is 28.9 Å². The molecule has 0 spiro atoms. The van der Waals surface area contributed by atoms with Crippen molar-refractivity contribution in [2.45, 2.75) is 0 Å². The largest absolute Gasteiger partial charge is 0.356 e. The molecule has 0 heterocycles. The molecule has 0 fully saturated rings. The van der Waals surface area contributed by atoms with Crippen molar-refractivity contribution in [2.24, 2.45) is 16.0 Å². The fourth-order valence-electron chi connectivity index (χ4n) is 1.81. The van der Waals surface area contributed by atoms with Crippen LogP contribution in [0.1, 0.15) is 20.7 Å². The van der Waals surface area contributed by atoms with Crippen LogP contribution in [-0.2, 0) is 0 Å². The summed E-state index contributed by atoms with van der Waals surface area (Å²) in [6.45, 7) is 0. The molecule has 0 aliphatic heterocycles. The van der Waals surface area contributed by atoms with Gasteiger partial charge in [0.05, 0.1) is 0 Å². The number of amides is 2. The third kappa shape index (κ3) is 2.37. The molecule has 0 aliphatic rings. The van der Waals surface area contributed by atoms with Crippen molar-refractivity contribution in [3.05, 3.63) is 41.5 Å². The Bertz CT molecular complexity index is 708. The van der Waals surface area contributed by atoms with Crippen molar-refractivity contribution in [3.63, 3.8) is 0 Å². The molecule has 0 saturated heterocycles. The molecule has 2 aromatic carbocycles. The van der Waals surface area contributed by atoms with E-state index < -0.39 is 6.03 Å². The van der Waals surface area contributed by atoms with E-state index in [2.05, 4.69) is 10.2 Å². The molecule has 6 nitrogen and oxygen atoms in total. The summed E-state index contributed by atoms with van der Waals surface area (Å²) in [5.74, 6) is 0. The Balaban J connectivity index is 2.83. The van der Waals surface area contributed by atoms with Crippen LogP contribution in [0, 0.1) is 0 Å². The Kier molecular flexibility index (Phi) is 3.42. The predicted molar refractivity (Wildman–Crippen MR) is 68.8 cm³/mol. The number of aldehydes is 2. The normalized spacial score (nSPS) is 10.7. The van der Waals surface area contributed by atoms with Crippen LogP contribution in [0.4, 0.5) is 10.5 Å². The Hall–Kier alpha value is -2.89. The van der Waals surface area contributed by atoms with Gasteiger partial charge in [-0.05, 0) is 11.5 Å². The summed E-state index contributed by atoms with van der Waals surface area (Å²) in [6, 6.07) is 7.33. The van der Waals surface area contributed by atoms with Crippen LogP contribution in [0.5, 0.6) is 0 Å². The number of fused-ring (bicyclic) bond motifs is 1. The highest BCUT2D eigenvalue weighted by molar-refractivity contribution is 6.08. The first-order valence-corrected chi connectivity index (χ1v) is 5.34. The van der Waals surface area contributed by atoms with Crippen molar-refractivity contribution < 1.29 is 14.4 Å². The van der Waals surface area contributed by atoms with Crippen molar-refractivity contribution >= 4 is 35.1 Å². The highest BCUT2D eigenvalue weighted by Gasteiger charge is 2.11. The van der Waals surface area contributed by atoms with Crippen LogP contribution in [-0.4, -0.2) is 18.6 Å². The third-order valence-electron chi connectivity index (χ3n) is 2.58. The summed E-state index contributed by atoms with van der Waals surface area (Å²) in [6.07, 6.45) is 1.21. The predicted octanol–water partition coefficient (Wildman–Crippen LogP) is 2.63. The van der Waals surface area contributed by atoms with E-state index in [1.165, 1.54) is 6.07 Å². The van der Waals surface area contributed by atoms with Gasteiger partial charge in [0.2, 0.25) is 0 Å². The number of carbonyl (C=O) groups is 3. The van der Waals surface area contributed by atoms with Crippen molar-refractivity contribution in [1.82, 2.24) is 0 Å². The lowest BCUT2D eigenvalue weighted by atomic mass is 10.00. The second-order valence-corrected chi connectivity index (χ2v) is 3.72. The average molecular weight is 255 g/mol. The second kappa shape index (κ2) is 5.18. The van der Waals surface area contributed by atoms with Crippen molar-refractivity contribution in [1.29, 1.82) is 0 Å². The van der Waals surface area contributed by atoms with Crippen LogP contribution < -0.4 is 5.73 Å². The smallest absolute Gasteiger partial charge is 0.348 e. The van der Waals surface area contributed by atoms with Gasteiger partial charge in [-0.1, -0.05) is 29.4 Å². The maximum Gasteiger partial charge on any atom is 0.356 e. The zero-order valence-electron chi connectivity index (χ0n) is 9.74. The average Bonchev–Trinajstić information content (AvgIpc) is 2.43. The van der Waals surface area contributed by atoms with Gasteiger partial charge in [0.15, 0.2) is 12.6 Å². The Morgan fingerprint density at radius 1 is 1.05 bits per heavy atom. The molecule has 2 N–H and O–H groups in total. The maximum atomic E-state index is 11.1. The highest BCUT2D eigenvalue weighted by atomic mass is 16.2. The number of hydrogen-bond acceptors (Lipinski definition) is 4. The molecule has 0 atom stereocenters. The molecule has 0 unspecified atom stereocenters. The Labute approximate surface area is 107 Å².